The molecule has 2 aromatic heterocycles. The Morgan fingerprint density at radius 1 is 1.03 bits per heavy atom. The monoisotopic (exact) mass is 387 g/mol. The molecule has 1 N–H and O–H groups in total. The van der Waals surface area contributed by atoms with Crippen LogP contribution in [0, 0.1) is 6.92 Å². The molecule has 0 aliphatic rings. The van der Waals surface area contributed by atoms with Crippen molar-refractivity contribution in [1.29, 1.82) is 0 Å². The molecule has 4 rings (SSSR count). The molecule has 4 aromatic rings. The third-order valence-electron chi connectivity index (χ3n) is 4.91. The number of amides is 1. The van der Waals surface area contributed by atoms with E-state index >= 15 is 0 Å². The van der Waals surface area contributed by atoms with Crippen molar-refractivity contribution < 1.29 is 4.79 Å². The number of benzene rings is 2. The van der Waals surface area contributed by atoms with E-state index in [1.54, 1.807) is 30.1 Å². The van der Waals surface area contributed by atoms with E-state index in [-0.39, 0.29) is 17.2 Å². The number of para-hydroxylation sites is 1. The lowest BCUT2D eigenvalue weighted by atomic mass is 10.1. The Hall–Kier alpha value is -3.87. The average Bonchev–Trinajstić information content (AvgIpc) is 3.32. The molecule has 7 nitrogen and oxygen atoms in total. The Balaban J connectivity index is 1.56. The summed E-state index contributed by atoms with van der Waals surface area (Å²) in [6, 6.07) is 18.5. The van der Waals surface area contributed by atoms with Gasteiger partial charge in [0.25, 0.3) is 11.5 Å². The predicted molar refractivity (Wildman–Crippen MR) is 111 cm³/mol. The lowest BCUT2D eigenvalue weighted by Crippen LogP contribution is -2.23. The molecule has 0 unspecified atom stereocenters. The van der Waals surface area contributed by atoms with Gasteiger partial charge in [0.2, 0.25) is 0 Å². The quantitative estimate of drug-likeness (QED) is 0.572. The zero-order valence-corrected chi connectivity index (χ0v) is 16.2. The first-order valence-electron chi connectivity index (χ1n) is 9.26. The van der Waals surface area contributed by atoms with Gasteiger partial charge in [-0.25, -0.2) is 4.68 Å². The SMILES string of the molecule is Cc1c(NC(=O)c2ccc(Cn3cccn3)cc2)c(=O)n(-c2ccccc2)n1C. The van der Waals surface area contributed by atoms with Gasteiger partial charge in [-0.1, -0.05) is 30.3 Å². The maximum atomic E-state index is 12.9. The second-order valence-electron chi connectivity index (χ2n) is 6.79. The number of carbonyl (C=O) groups is 1. The molecule has 0 saturated carbocycles. The van der Waals surface area contributed by atoms with E-state index in [4.69, 9.17) is 0 Å². The number of nitrogens with zero attached hydrogens (tertiary/aromatic N) is 4. The molecule has 0 radical (unpaired) electrons. The van der Waals surface area contributed by atoms with Crippen LogP contribution < -0.4 is 10.9 Å². The van der Waals surface area contributed by atoms with Crippen molar-refractivity contribution >= 4 is 11.6 Å². The molecule has 0 spiro atoms. The van der Waals surface area contributed by atoms with Gasteiger partial charge >= 0.3 is 0 Å². The summed E-state index contributed by atoms with van der Waals surface area (Å²) in [5.74, 6) is -0.318. The minimum Gasteiger partial charge on any atom is -0.316 e. The summed E-state index contributed by atoms with van der Waals surface area (Å²) in [5.41, 5.74) is 2.96. The summed E-state index contributed by atoms with van der Waals surface area (Å²) in [5, 5.41) is 6.96. The number of hydrogen-bond acceptors (Lipinski definition) is 3. The van der Waals surface area contributed by atoms with Crippen LogP contribution in [0.1, 0.15) is 21.6 Å². The van der Waals surface area contributed by atoms with Gasteiger partial charge in [0.05, 0.1) is 17.9 Å². The topological polar surface area (TPSA) is 73.8 Å². The van der Waals surface area contributed by atoms with Crippen LogP contribution in [-0.4, -0.2) is 25.1 Å². The highest BCUT2D eigenvalue weighted by Gasteiger charge is 2.18. The van der Waals surface area contributed by atoms with Crippen LogP contribution in [-0.2, 0) is 13.6 Å². The van der Waals surface area contributed by atoms with Gasteiger partial charge in [0, 0.05) is 25.0 Å². The molecular formula is C22H21N5O2. The number of anilines is 1. The Morgan fingerprint density at radius 2 is 1.76 bits per heavy atom. The molecule has 2 heterocycles. The average molecular weight is 387 g/mol. The molecule has 146 valence electrons. The van der Waals surface area contributed by atoms with E-state index < -0.39 is 0 Å². The van der Waals surface area contributed by atoms with Crippen molar-refractivity contribution in [2.24, 2.45) is 7.05 Å². The summed E-state index contributed by atoms with van der Waals surface area (Å²) in [6.07, 6.45) is 3.61. The first-order valence-corrected chi connectivity index (χ1v) is 9.26. The zero-order chi connectivity index (χ0) is 20.4. The highest BCUT2D eigenvalue weighted by atomic mass is 16.2. The first kappa shape index (κ1) is 18.5. The minimum atomic E-state index is -0.318. The van der Waals surface area contributed by atoms with E-state index in [1.807, 2.05) is 66.3 Å². The van der Waals surface area contributed by atoms with Gasteiger partial charge in [0.1, 0.15) is 5.69 Å². The Labute approximate surface area is 167 Å². The summed E-state index contributed by atoms with van der Waals surface area (Å²) >= 11 is 0. The van der Waals surface area contributed by atoms with Gasteiger partial charge in [-0.05, 0) is 42.8 Å². The molecule has 29 heavy (non-hydrogen) atoms. The third-order valence-corrected chi connectivity index (χ3v) is 4.91. The van der Waals surface area contributed by atoms with Gasteiger partial charge in [0.15, 0.2) is 0 Å². The fourth-order valence-electron chi connectivity index (χ4n) is 3.24. The van der Waals surface area contributed by atoms with E-state index in [0.717, 1.165) is 11.3 Å². The van der Waals surface area contributed by atoms with E-state index in [9.17, 15) is 9.59 Å². The smallest absolute Gasteiger partial charge is 0.295 e. The van der Waals surface area contributed by atoms with Gasteiger partial charge in [-0.15, -0.1) is 0 Å². The summed E-state index contributed by atoms with van der Waals surface area (Å²) < 4.78 is 5.09. The molecule has 0 fully saturated rings. The normalized spacial score (nSPS) is 10.8. The predicted octanol–water partition coefficient (Wildman–Crippen LogP) is 2.98. The van der Waals surface area contributed by atoms with Crippen molar-refractivity contribution in [2.45, 2.75) is 13.5 Å². The highest BCUT2D eigenvalue weighted by Crippen LogP contribution is 2.15. The third kappa shape index (κ3) is 3.62. The fraction of sp³-hybridized carbons (Fsp3) is 0.136. The van der Waals surface area contributed by atoms with Gasteiger partial charge < -0.3 is 5.32 Å². The largest absolute Gasteiger partial charge is 0.316 e. The molecule has 0 aliphatic heterocycles. The molecule has 0 aliphatic carbocycles. The van der Waals surface area contributed by atoms with Crippen LogP contribution in [0.2, 0.25) is 0 Å². The molecule has 1 amide bonds. The maximum absolute atomic E-state index is 12.9. The Morgan fingerprint density at radius 3 is 2.41 bits per heavy atom. The van der Waals surface area contributed by atoms with Crippen LogP contribution in [0.25, 0.3) is 5.69 Å². The second-order valence-corrected chi connectivity index (χ2v) is 6.79. The number of aromatic nitrogens is 4. The molecule has 2 aromatic carbocycles. The highest BCUT2D eigenvalue weighted by molar-refractivity contribution is 6.04. The van der Waals surface area contributed by atoms with Gasteiger partial charge in [-0.2, -0.15) is 5.10 Å². The summed E-state index contributed by atoms with van der Waals surface area (Å²) in [6.45, 7) is 2.44. The van der Waals surface area contributed by atoms with Crippen LogP contribution in [0.4, 0.5) is 5.69 Å². The van der Waals surface area contributed by atoms with Gasteiger partial charge in [-0.3, -0.25) is 19.0 Å². The lowest BCUT2D eigenvalue weighted by Gasteiger charge is -2.07. The van der Waals surface area contributed by atoms with Crippen molar-refractivity contribution in [3.05, 3.63) is 100 Å². The van der Waals surface area contributed by atoms with Crippen molar-refractivity contribution in [1.82, 2.24) is 19.1 Å². The standard InChI is InChI=1S/C22H21N5O2/c1-16-20(22(29)27(25(16)2)19-7-4-3-5-8-19)24-21(28)18-11-9-17(10-12-18)15-26-14-6-13-23-26/h3-14H,15H2,1-2H3,(H,24,28). The number of rotatable bonds is 5. The van der Waals surface area contributed by atoms with Crippen LogP contribution >= 0.6 is 0 Å². The minimum absolute atomic E-state index is 0.264. The number of hydrogen-bond donors (Lipinski definition) is 1. The fourth-order valence-corrected chi connectivity index (χ4v) is 3.24. The van der Waals surface area contributed by atoms with Crippen molar-refractivity contribution in [2.75, 3.05) is 5.32 Å². The maximum Gasteiger partial charge on any atom is 0.295 e. The molecule has 0 bridgehead atoms. The van der Waals surface area contributed by atoms with Crippen LogP contribution in [0.15, 0.2) is 77.9 Å². The Bertz CT molecular complexity index is 1190. The Kier molecular flexibility index (Phi) is 4.87. The molecule has 7 heteroatoms. The van der Waals surface area contributed by atoms with Crippen molar-refractivity contribution in [3.8, 4) is 5.69 Å². The number of carbonyl (C=O) groups excluding carboxylic acids is 1. The lowest BCUT2D eigenvalue weighted by molar-refractivity contribution is 0.102. The molecule has 0 atom stereocenters. The first-order chi connectivity index (χ1) is 14.0. The van der Waals surface area contributed by atoms with Crippen LogP contribution in [0.3, 0.4) is 0 Å². The van der Waals surface area contributed by atoms with E-state index in [1.165, 1.54) is 4.68 Å². The summed E-state index contributed by atoms with van der Waals surface area (Å²) in [7, 11) is 1.80. The summed E-state index contributed by atoms with van der Waals surface area (Å²) in [4.78, 5) is 25.6. The molecule has 0 saturated heterocycles. The van der Waals surface area contributed by atoms with Crippen molar-refractivity contribution in [3.63, 3.8) is 0 Å². The van der Waals surface area contributed by atoms with E-state index in [2.05, 4.69) is 10.4 Å². The number of nitrogens with one attached hydrogen (secondary N) is 1. The zero-order valence-electron chi connectivity index (χ0n) is 16.2. The molecular weight excluding hydrogens is 366 g/mol. The van der Waals surface area contributed by atoms with Crippen LogP contribution in [0.5, 0.6) is 0 Å². The second kappa shape index (κ2) is 7.63. The van der Waals surface area contributed by atoms with E-state index in [0.29, 0.717) is 17.8 Å².